The second-order valence-electron chi connectivity index (χ2n) is 7.98. The molecule has 30 heavy (non-hydrogen) atoms. The van der Waals surface area contributed by atoms with Gasteiger partial charge < -0.3 is 9.88 Å². The van der Waals surface area contributed by atoms with E-state index in [0.717, 1.165) is 47.1 Å². The van der Waals surface area contributed by atoms with E-state index in [4.69, 9.17) is 9.97 Å². The third-order valence-electron chi connectivity index (χ3n) is 5.73. The molecule has 1 aliphatic rings. The summed E-state index contributed by atoms with van der Waals surface area (Å²) in [5.74, 6) is 2.48. The number of aromatic nitrogens is 5. The van der Waals surface area contributed by atoms with Crippen LogP contribution in [0.25, 0.3) is 22.6 Å². The summed E-state index contributed by atoms with van der Waals surface area (Å²) >= 11 is 0. The van der Waals surface area contributed by atoms with Crippen molar-refractivity contribution in [2.75, 3.05) is 5.32 Å². The zero-order chi connectivity index (χ0) is 20.3. The van der Waals surface area contributed by atoms with E-state index >= 15 is 0 Å². The van der Waals surface area contributed by atoms with E-state index in [0.29, 0.717) is 5.95 Å². The van der Waals surface area contributed by atoms with Crippen LogP contribution < -0.4 is 5.32 Å². The van der Waals surface area contributed by atoms with Crippen LogP contribution in [0.2, 0.25) is 0 Å². The number of imidazole rings is 1. The number of nitrogens with zero attached hydrogens (tertiary/aromatic N) is 5. The van der Waals surface area contributed by atoms with Gasteiger partial charge in [0.15, 0.2) is 5.65 Å². The maximum atomic E-state index is 4.75. The first-order chi connectivity index (χ1) is 14.8. The van der Waals surface area contributed by atoms with Gasteiger partial charge in [-0.25, -0.2) is 9.97 Å². The van der Waals surface area contributed by atoms with Crippen molar-refractivity contribution in [3.8, 4) is 11.4 Å². The van der Waals surface area contributed by atoms with Crippen LogP contribution in [0, 0.1) is 5.92 Å². The van der Waals surface area contributed by atoms with E-state index in [9.17, 15) is 0 Å². The van der Waals surface area contributed by atoms with Gasteiger partial charge in [-0.15, -0.1) is 0 Å². The molecule has 1 aliphatic carbocycles. The summed E-state index contributed by atoms with van der Waals surface area (Å²) in [6, 6.07) is 12.6. The molecule has 3 heterocycles. The molecule has 3 aromatic heterocycles. The first kappa shape index (κ1) is 18.7. The lowest BCUT2D eigenvalue weighted by Gasteiger charge is -2.08. The van der Waals surface area contributed by atoms with Gasteiger partial charge in [-0.2, -0.15) is 4.98 Å². The molecule has 5 rings (SSSR count). The summed E-state index contributed by atoms with van der Waals surface area (Å²) in [6.07, 6.45) is 12.0. The number of benzene rings is 1. The number of pyridine rings is 1. The number of anilines is 2. The molecule has 0 unspecified atom stereocenters. The summed E-state index contributed by atoms with van der Waals surface area (Å²) in [5.41, 5.74) is 5.04. The quantitative estimate of drug-likeness (QED) is 0.431. The summed E-state index contributed by atoms with van der Waals surface area (Å²) in [7, 11) is 0. The minimum absolute atomic E-state index is 0.583. The van der Waals surface area contributed by atoms with Gasteiger partial charge in [0.2, 0.25) is 5.95 Å². The Kier molecular flexibility index (Phi) is 5.13. The number of hydrogen-bond donors (Lipinski definition) is 1. The van der Waals surface area contributed by atoms with E-state index in [-0.39, 0.29) is 0 Å². The second-order valence-corrected chi connectivity index (χ2v) is 7.98. The molecule has 0 amide bonds. The number of fused-ring (bicyclic) bond motifs is 1. The first-order valence-electron chi connectivity index (χ1n) is 10.8. The fourth-order valence-electron chi connectivity index (χ4n) is 3.89. The van der Waals surface area contributed by atoms with Gasteiger partial charge in [0.05, 0.1) is 6.20 Å². The molecule has 152 valence electrons. The smallest absolute Gasteiger partial charge is 0.229 e. The molecule has 1 saturated carbocycles. The van der Waals surface area contributed by atoms with Crippen molar-refractivity contribution >= 4 is 22.8 Å². The van der Waals surface area contributed by atoms with Gasteiger partial charge in [-0.05, 0) is 55.5 Å². The highest BCUT2D eigenvalue weighted by molar-refractivity contribution is 5.77. The molecule has 0 atom stereocenters. The average molecular weight is 399 g/mol. The van der Waals surface area contributed by atoms with Gasteiger partial charge in [0, 0.05) is 30.2 Å². The fourth-order valence-corrected chi connectivity index (χ4v) is 3.89. The molecule has 4 aromatic rings. The highest BCUT2D eigenvalue weighted by Gasteiger charge is 2.20. The average Bonchev–Trinajstić information content (AvgIpc) is 3.54. The van der Waals surface area contributed by atoms with Crippen LogP contribution in [-0.2, 0) is 13.0 Å². The van der Waals surface area contributed by atoms with Crippen LogP contribution in [0.4, 0.5) is 11.6 Å². The lowest BCUT2D eigenvalue weighted by molar-refractivity contribution is 0.666. The largest absolute Gasteiger partial charge is 0.324 e. The Bertz CT molecular complexity index is 1130. The second kappa shape index (κ2) is 8.22. The standard InChI is InChI=1S/C24H26N6/c1-2-30-22(19-12-14-25-15-13-19)28-21-16-26-24(29-23(21)30)27-20-10-8-18(9-11-20)5-3-4-17-6-7-17/h8-17H,2-7H2,1H3,(H,26,27,29). The molecule has 0 aliphatic heterocycles. The lowest BCUT2D eigenvalue weighted by atomic mass is 10.1. The van der Waals surface area contributed by atoms with Crippen LogP contribution in [0.15, 0.2) is 55.0 Å². The number of hydrogen-bond acceptors (Lipinski definition) is 5. The molecule has 0 spiro atoms. The Morgan fingerprint density at radius 2 is 1.83 bits per heavy atom. The molecule has 0 bridgehead atoms. The molecule has 0 radical (unpaired) electrons. The molecule has 1 fully saturated rings. The highest BCUT2D eigenvalue weighted by atomic mass is 15.2. The predicted octanol–water partition coefficient (Wildman–Crippen LogP) is 5.38. The van der Waals surface area contributed by atoms with Gasteiger partial charge in [-0.3, -0.25) is 4.98 Å². The van der Waals surface area contributed by atoms with Gasteiger partial charge in [0.1, 0.15) is 11.3 Å². The summed E-state index contributed by atoms with van der Waals surface area (Å²) < 4.78 is 2.11. The van der Waals surface area contributed by atoms with Crippen molar-refractivity contribution in [1.82, 2.24) is 24.5 Å². The third kappa shape index (κ3) is 4.03. The van der Waals surface area contributed by atoms with Crippen LogP contribution in [-0.4, -0.2) is 24.5 Å². The Morgan fingerprint density at radius 1 is 1.03 bits per heavy atom. The van der Waals surface area contributed by atoms with E-state index in [1.165, 1.54) is 31.2 Å². The molecular formula is C24H26N6. The molecule has 6 heteroatoms. The van der Waals surface area contributed by atoms with E-state index < -0.39 is 0 Å². The number of rotatable bonds is 8. The van der Waals surface area contributed by atoms with E-state index in [2.05, 4.69) is 51.0 Å². The van der Waals surface area contributed by atoms with E-state index in [1.54, 1.807) is 18.6 Å². The summed E-state index contributed by atoms with van der Waals surface area (Å²) in [4.78, 5) is 18.1. The van der Waals surface area contributed by atoms with Crippen LogP contribution in [0.5, 0.6) is 0 Å². The normalized spacial score (nSPS) is 13.6. The van der Waals surface area contributed by atoms with Crippen LogP contribution in [0.1, 0.15) is 38.2 Å². The number of nitrogens with one attached hydrogen (secondary N) is 1. The van der Waals surface area contributed by atoms with Gasteiger partial charge in [-0.1, -0.05) is 31.4 Å². The van der Waals surface area contributed by atoms with Gasteiger partial charge in [0.25, 0.3) is 0 Å². The maximum Gasteiger partial charge on any atom is 0.229 e. The highest BCUT2D eigenvalue weighted by Crippen LogP contribution is 2.34. The Labute approximate surface area is 176 Å². The van der Waals surface area contributed by atoms with Crippen molar-refractivity contribution in [1.29, 1.82) is 0 Å². The third-order valence-corrected chi connectivity index (χ3v) is 5.73. The zero-order valence-corrected chi connectivity index (χ0v) is 17.3. The molecular weight excluding hydrogens is 372 g/mol. The van der Waals surface area contributed by atoms with Gasteiger partial charge >= 0.3 is 0 Å². The fraction of sp³-hybridized carbons (Fsp3) is 0.333. The number of aryl methyl sites for hydroxylation is 2. The lowest BCUT2D eigenvalue weighted by Crippen LogP contribution is -2.02. The maximum absolute atomic E-state index is 4.75. The molecule has 1 N–H and O–H groups in total. The zero-order valence-electron chi connectivity index (χ0n) is 17.3. The monoisotopic (exact) mass is 398 g/mol. The molecule has 0 saturated heterocycles. The topological polar surface area (TPSA) is 68.5 Å². The minimum atomic E-state index is 0.583. The van der Waals surface area contributed by atoms with Crippen LogP contribution in [0.3, 0.4) is 0 Å². The minimum Gasteiger partial charge on any atom is -0.324 e. The Hall–Kier alpha value is -3.28. The van der Waals surface area contributed by atoms with Crippen molar-refractivity contribution in [2.24, 2.45) is 5.92 Å². The Morgan fingerprint density at radius 3 is 2.57 bits per heavy atom. The SMILES string of the molecule is CCn1c(-c2ccncc2)nc2cnc(Nc3ccc(CCCC4CC4)cc3)nc21. The van der Waals surface area contributed by atoms with Crippen molar-refractivity contribution in [3.05, 3.63) is 60.6 Å². The van der Waals surface area contributed by atoms with E-state index in [1.807, 2.05) is 12.1 Å². The molecule has 6 nitrogen and oxygen atoms in total. The molecule has 1 aromatic carbocycles. The predicted molar refractivity (Wildman–Crippen MR) is 120 cm³/mol. The summed E-state index contributed by atoms with van der Waals surface area (Å²) in [6.45, 7) is 2.88. The van der Waals surface area contributed by atoms with Crippen molar-refractivity contribution in [2.45, 2.75) is 45.6 Å². The van der Waals surface area contributed by atoms with Crippen molar-refractivity contribution in [3.63, 3.8) is 0 Å². The first-order valence-corrected chi connectivity index (χ1v) is 10.8. The summed E-state index contributed by atoms with van der Waals surface area (Å²) in [5, 5.41) is 3.33. The van der Waals surface area contributed by atoms with Crippen molar-refractivity contribution < 1.29 is 0 Å². The Balaban J connectivity index is 1.34. The van der Waals surface area contributed by atoms with Crippen LogP contribution >= 0.6 is 0 Å².